The van der Waals surface area contributed by atoms with Gasteiger partial charge in [-0.2, -0.15) is 0 Å². The Morgan fingerprint density at radius 2 is 1.84 bits per heavy atom. The first-order valence-electron chi connectivity index (χ1n) is 9.22. The van der Waals surface area contributed by atoms with Crippen LogP contribution in [0.5, 0.6) is 0 Å². The number of nitrogens with one attached hydrogen (secondary N) is 1. The predicted molar refractivity (Wildman–Crippen MR) is 95.7 cm³/mol. The lowest BCUT2D eigenvalue weighted by atomic mass is 9.49. The molecule has 0 atom stereocenters. The number of nitro groups is 1. The summed E-state index contributed by atoms with van der Waals surface area (Å²) in [6, 6.07) is 6.31. The standard InChI is InChI=1S/C20H24N2O3/c23-19(5-4-14-2-1-3-18(9-14)22(24)25)21-13-20-10-15-6-16(11-20)8-17(7-15)12-20/h1-5,9,15-17H,6-8,10-13H2,(H,21,23)/b5-4+. The van der Waals surface area contributed by atoms with Crippen molar-refractivity contribution in [3.8, 4) is 0 Å². The molecular weight excluding hydrogens is 316 g/mol. The predicted octanol–water partition coefficient (Wildman–Crippen LogP) is 3.94. The highest BCUT2D eigenvalue weighted by atomic mass is 16.6. The third-order valence-electron chi connectivity index (χ3n) is 6.31. The van der Waals surface area contributed by atoms with Crippen molar-refractivity contribution in [2.75, 3.05) is 6.54 Å². The summed E-state index contributed by atoms with van der Waals surface area (Å²) in [5.74, 6) is 2.53. The second kappa shape index (κ2) is 6.28. The Morgan fingerprint density at radius 3 is 2.44 bits per heavy atom. The fourth-order valence-corrected chi connectivity index (χ4v) is 5.75. The Morgan fingerprint density at radius 1 is 1.20 bits per heavy atom. The Hall–Kier alpha value is -2.17. The van der Waals surface area contributed by atoms with Gasteiger partial charge in [0.25, 0.3) is 5.69 Å². The molecule has 4 bridgehead atoms. The van der Waals surface area contributed by atoms with Crippen molar-refractivity contribution in [1.82, 2.24) is 5.32 Å². The molecule has 4 fully saturated rings. The lowest BCUT2D eigenvalue weighted by Gasteiger charge is -2.56. The zero-order valence-electron chi connectivity index (χ0n) is 14.3. The maximum atomic E-state index is 12.2. The van der Waals surface area contributed by atoms with E-state index in [9.17, 15) is 14.9 Å². The molecule has 0 radical (unpaired) electrons. The van der Waals surface area contributed by atoms with Crippen LogP contribution in [0.1, 0.15) is 44.1 Å². The summed E-state index contributed by atoms with van der Waals surface area (Å²) >= 11 is 0. The largest absolute Gasteiger partial charge is 0.352 e. The summed E-state index contributed by atoms with van der Waals surface area (Å²) in [4.78, 5) is 22.6. The first-order valence-corrected chi connectivity index (χ1v) is 9.22. The van der Waals surface area contributed by atoms with Crippen LogP contribution < -0.4 is 5.32 Å². The summed E-state index contributed by atoms with van der Waals surface area (Å²) in [6.07, 6.45) is 11.1. The van der Waals surface area contributed by atoms with Gasteiger partial charge in [0, 0.05) is 24.8 Å². The van der Waals surface area contributed by atoms with Gasteiger partial charge in [0.15, 0.2) is 0 Å². The Bertz CT molecular complexity index is 690. The van der Waals surface area contributed by atoms with E-state index in [-0.39, 0.29) is 11.6 Å². The van der Waals surface area contributed by atoms with Crippen molar-refractivity contribution in [3.63, 3.8) is 0 Å². The van der Waals surface area contributed by atoms with E-state index in [1.165, 1.54) is 56.7 Å². The lowest BCUT2D eigenvalue weighted by molar-refractivity contribution is -0.384. The Labute approximate surface area is 147 Å². The van der Waals surface area contributed by atoms with E-state index in [0.717, 1.165) is 24.3 Å². The van der Waals surface area contributed by atoms with Crippen molar-refractivity contribution < 1.29 is 9.72 Å². The van der Waals surface area contributed by atoms with E-state index in [1.807, 2.05) is 0 Å². The number of nitrogens with zero attached hydrogens (tertiary/aromatic N) is 1. The normalized spacial score (nSPS) is 32.9. The maximum absolute atomic E-state index is 12.2. The SMILES string of the molecule is O=C(/C=C/c1cccc([N+](=O)[O-])c1)NCC12CC3CC(CC(C3)C1)C2. The minimum Gasteiger partial charge on any atom is -0.352 e. The van der Waals surface area contributed by atoms with Gasteiger partial charge in [-0.05, 0) is 73.3 Å². The molecule has 25 heavy (non-hydrogen) atoms. The molecule has 0 spiro atoms. The van der Waals surface area contributed by atoms with Crippen LogP contribution >= 0.6 is 0 Å². The number of nitro benzene ring substituents is 1. The van der Waals surface area contributed by atoms with Crippen LogP contribution in [0.2, 0.25) is 0 Å². The lowest BCUT2D eigenvalue weighted by Crippen LogP contribution is -2.51. The Balaban J connectivity index is 1.35. The molecule has 5 rings (SSSR count). The summed E-state index contributed by atoms with van der Waals surface area (Å²) < 4.78 is 0. The fourth-order valence-electron chi connectivity index (χ4n) is 5.75. The van der Waals surface area contributed by atoms with E-state index in [4.69, 9.17) is 0 Å². The van der Waals surface area contributed by atoms with Gasteiger partial charge in [-0.3, -0.25) is 14.9 Å². The maximum Gasteiger partial charge on any atom is 0.270 e. The second-order valence-corrected chi connectivity index (χ2v) is 8.32. The minimum atomic E-state index is -0.426. The van der Waals surface area contributed by atoms with Gasteiger partial charge in [-0.1, -0.05) is 12.1 Å². The van der Waals surface area contributed by atoms with Gasteiger partial charge in [-0.15, -0.1) is 0 Å². The fraction of sp³-hybridized carbons (Fsp3) is 0.550. The first kappa shape index (κ1) is 16.3. The molecule has 0 aromatic heterocycles. The molecular formula is C20H24N2O3. The number of hydrogen-bond donors (Lipinski definition) is 1. The molecule has 5 heteroatoms. The topological polar surface area (TPSA) is 72.2 Å². The second-order valence-electron chi connectivity index (χ2n) is 8.32. The molecule has 0 saturated heterocycles. The molecule has 5 nitrogen and oxygen atoms in total. The number of rotatable bonds is 5. The van der Waals surface area contributed by atoms with Crippen LogP contribution in [0, 0.1) is 33.3 Å². The molecule has 4 aliphatic carbocycles. The van der Waals surface area contributed by atoms with Gasteiger partial charge < -0.3 is 5.32 Å². The van der Waals surface area contributed by atoms with Crippen LogP contribution in [-0.4, -0.2) is 17.4 Å². The molecule has 0 aliphatic heterocycles. The van der Waals surface area contributed by atoms with Gasteiger partial charge in [0.1, 0.15) is 0 Å². The van der Waals surface area contributed by atoms with E-state index < -0.39 is 4.92 Å². The smallest absolute Gasteiger partial charge is 0.270 e. The number of non-ortho nitro benzene ring substituents is 1. The first-order chi connectivity index (χ1) is 12.0. The van der Waals surface area contributed by atoms with Gasteiger partial charge in [0.05, 0.1) is 4.92 Å². The molecule has 132 valence electrons. The van der Waals surface area contributed by atoms with Gasteiger partial charge in [0.2, 0.25) is 5.91 Å². The zero-order chi connectivity index (χ0) is 17.4. The van der Waals surface area contributed by atoms with Crippen LogP contribution in [-0.2, 0) is 4.79 Å². The molecule has 4 aliphatic rings. The molecule has 1 aromatic carbocycles. The highest BCUT2D eigenvalue weighted by Gasteiger charge is 2.50. The summed E-state index contributed by atoms with van der Waals surface area (Å²) in [5.41, 5.74) is 1.03. The van der Waals surface area contributed by atoms with Gasteiger partial charge >= 0.3 is 0 Å². The minimum absolute atomic E-state index is 0.0381. The summed E-state index contributed by atoms with van der Waals surface area (Å²) in [5, 5.41) is 13.9. The molecule has 1 amide bonds. The number of amides is 1. The van der Waals surface area contributed by atoms with Crippen LogP contribution in [0.25, 0.3) is 6.08 Å². The average Bonchev–Trinajstić information content (AvgIpc) is 2.57. The molecule has 0 unspecified atom stereocenters. The van der Waals surface area contributed by atoms with Crippen molar-refractivity contribution in [2.24, 2.45) is 23.2 Å². The van der Waals surface area contributed by atoms with E-state index >= 15 is 0 Å². The van der Waals surface area contributed by atoms with Crippen LogP contribution in [0.15, 0.2) is 30.3 Å². The quantitative estimate of drug-likeness (QED) is 0.501. The zero-order valence-corrected chi connectivity index (χ0v) is 14.3. The van der Waals surface area contributed by atoms with Crippen LogP contribution in [0.3, 0.4) is 0 Å². The van der Waals surface area contributed by atoms with E-state index in [2.05, 4.69) is 5.32 Å². The number of carbonyl (C=O) groups excluding carboxylic acids is 1. The van der Waals surface area contributed by atoms with Crippen molar-refractivity contribution >= 4 is 17.7 Å². The molecule has 4 saturated carbocycles. The Kier molecular flexibility index (Phi) is 4.10. The summed E-state index contributed by atoms with van der Waals surface area (Å²) in [7, 11) is 0. The number of hydrogen-bond acceptors (Lipinski definition) is 3. The molecule has 0 heterocycles. The third-order valence-corrected chi connectivity index (χ3v) is 6.31. The van der Waals surface area contributed by atoms with Crippen molar-refractivity contribution in [2.45, 2.75) is 38.5 Å². The summed E-state index contributed by atoms with van der Waals surface area (Å²) in [6.45, 7) is 0.772. The van der Waals surface area contributed by atoms with Crippen molar-refractivity contribution in [3.05, 3.63) is 46.0 Å². The number of benzene rings is 1. The molecule has 1 aromatic rings. The third kappa shape index (κ3) is 3.46. The molecule has 1 N–H and O–H groups in total. The van der Waals surface area contributed by atoms with E-state index in [0.29, 0.717) is 11.0 Å². The highest BCUT2D eigenvalue weighted by Crippen LogP contribution is 2.59. The van der Waals surface area contributed by atoms with Crippen molar-refractivity contribution in [1.29, 1.82) is 0 Å². The number of carbonyl (C=O) groups is 1. The monoisotopic (exact) mass is 340 g/mol. The van der Waals surface area contributed by atoms with E-state index in [1.54, 1.807) is 18.2 Å². The highest BCUT2D eigenvalue weighted by molar-refractivity contribution is 5.91. The van der Waals surface area contributed by atoms with Gasteiger partial charge in [-0.25, -0.2) is 0 Å². The average molecular weight is 340 g/mol. The van der Waals surface area contributed by atoms with Crippen LogP contribution in [0.4, 0.5) is 5.69 Å².